The Morgan fingerprint density at radius 2 is 2.21 bits per heavy atom. The van der Waals surface area contributed by atoms with Crippen LogP contribution in [-0.4, -0.2) is 32.1 Å². The third kappa shape index (κ3) is 4.41. The van der Waals surface area contributed by atoms with Gasteiger partial charge in [-0.2, -0.15) is 5.10 Å². The topological polar surface area (TPSA) is 63.1 Å². The van der Waals surface area contributed by atoms with E-state index in [4.69, 9.17) is 0 Å². The van der Waals surface area contributed by atoms with Crippen molar-refractivity contribution in [3.05, 3.63) is 68.9 Å². The minimum Gasteiger partial charge on any atom is -0.345 e. The predicted molar refractivity (Wildman–Crippen MR) is 115 cm³/mol. The van der Waals surface area contributed by atoms with Gasteiger partial charge in [0.05, 0.1) is 23.5 Å². The van der Waals surface area contributed by atoms with E-state index in [9.17, 15) is 4.79 Å². The van der Waals surface area contributed by atoms with E-state index in [0.29, 0.717) is 0 Å². The fraction of sp³-hybridized carbons (Fsp3) is 0.409. The Bertz CT molecular complexity index is 991. The molecule has 0 radical (unpaired) electrons. The highest BCUT2D eigenvalue weighted by atomic mass is 32.1. The van der Waals surface area contributed by atoms with E-state index in [2.05, 4.69) is 39.4 Å². The van der Waals surface area contributed by atoms with Crippen LogP contribution in [0.4, 0.5) is 0 Å². The van der Waals surface area contributed by atoms with Gasteiger partial charge in [-0.05, 0) is 37.0 Å². The second-order valence-corrected chi connectivity index (χ2v) is 8.63. The molecule has 1 aliphatic rings. The average molecular weight is 410 g/mol. The van der Waals surface area contributed by atoms with Gasteiger partial charge in [0.1, 0.15) is 0 Å². The summed E-state index contributed by atoms with van der Waals surface area (Å²) in [5, 5.41) is 9.31. The number of pyridine rings is 1. The molecule has 4 rings (SSSR count). The molecular formula is C22H27N5OS. The molecule has 0 saturated heterocycles. The summed E-state index contributed by atoms with van der Waals surface area (Å²) in [6.07, 6.45) is 7.62. The fourth-order valence-electron chi connectivity index (χ4n) is 3.72. The Kier molecular flexibility index (Phi) is 5.78. The van der Waals surface area contributed by atoms with E-state index in [1.165, 1.54) is 16.0 Å². The Labute approximate surface area is 175 Å². The zero-order valence-electron chi connectivity index (χ0n) is 17.2. The van der Waals surface area contributed by atoms with Crippen molar-refractivity contribution in [2.75, 3.05) is 6.54 Å². The number of rotatable bonds is 6. The second kappa shape index (κ2) is 8.47. The molecule has 0 fully saturated rings. The van der Waals surface area contributed by atoms with Crippen LogP contribution in [0.5, 0.6) is 0 Å². The van der Waals surface area contributed by atoms with E-state index in [0.717, 1.165) is 49.3 Å². The molecule has 1 aliphatic heterocycles. The van der Waals surface area contributed by atoms with Gasteiger partial charge in [-0.25, -0.2) is 0 Å². The highest BCUT2D eigenvalue weighted by Gasteiger charge is 2.25. The number of fused-ring (bicyclic) bond motifs is 1. The van der Waals surface area contributed by atoms with Crippen molar-refractivity contribution in [2.24, 2.45) is 7.05 Å². The summed E-state index contributed by atoms with van der Waals surface area (Å²) in [5.74, 6) is 0.00382. The van der Waals surface area contributed by atoms with Crippen molar-refractivity contribution in [1.29, 1.82) is 0 Å². The summed E-state index contributed by atoms with van der Waals surface area (Å²) in [7, 11) is 1.88. The largest absolute Gasteiger partial charge is 0.345 e. The first-order valence-electron chi connectivity index (χ1n) is 10.1. The van der Waals surface area contributed by atoms with Crippen LogP contribution >= 0.6 is 11.3 Å². The van der Waals surface area contributed by atoms with Crippen molar-refractivity contribution >= 4 is 17.2 Å². The Morgan fingerprint density at radius 3 is 2.90 bits per heavy atom. The molecule has 1 atom stereocenters. The van der Waals surface area contributed by atoms with Crippen molar-refractivity contribution in [3.8, 4) is 0 Å². The number of hydrogen-bond donors (Lipinski definition) is 1. The lowest BCUT2D eigenvalue weighted by molar-refractivity contribution is 0.0938. The molecule has 0 saturated carbocycles. The number of thiophene rings is 1. The molecule has 3 aromatic heterocycles. The average Bonchev–Trinajstić information content (AvgIpc) is 3.34. The summed E-state index contributed by atoms with van der Waals surface area (Å²) in [6.45, 7) is 6.81. The van der Waals surface area contributed by atoms with Crippen molar-refractivity contribution in [1.82, 2.24) is 25.0 Å². The van der Waals surface area contributed by atoms with Crippen molar-refractivity contribution in [2.45, 2.75) is 45.8 Å². The van der Waals surface area contributed by atoms with E-state index in [-0.39, 0.29) is 11.9 Å². The molecule has 4 heterocycles. The summed E-state index contributed by atoms with van der Waals surface area (Å²) >= 11 is 1.69. The molecular weight excluding hydrogens is 382 g/mol. The molecule has 0 spiro atoms. The van der Waals surface area contributed by atoms with Gasteiger partial charge in [0.2, 0.25) is 0 Å². The first-order valence-corrected chi connectivity index (χ1v) is 11.0. The van der Waals surface area contributed by atoms with E-state index in [1.807, 2.05) is 31.7 Å². The molecule has 0 bridgehead atoms. The zero-order valence-corrected chi connectivity index (χ0v) is 18.0. The maximum Gasteiger partial charge on any atom is 0.252 e. The number of aryl methyl sites for hydroxylation is 2. The molecule has 29 heavy (non-hydrogen) atoms. The normalized spacial score (nSPS) is 15.1. The molecule has 0 aliphatic carbocycles. The zero-order chi connectivity index (χ0) is 20.4. The van der Waals surface area contributed by atoms with Gasteiger partial charge in [0, 0.05) is 54.9 Å². The molecule has 152 valence electrons. The number of nitrogens with one attached hydrogen (secondary N) is 1. The van der Waals surface area contributed by atoms with Crippen LogP contribution < -0.4 is 5.32 Å². The van der Waals surface area contributed by atoms with Gasteiger partial charge >= 0.3 is 0 Å². The maximum absolute atomic E-state index is 12.8. The Morgan fingerprint density at radius 1 is 1.34 bits per heavy atom. The number of amides is 1. The van der Waals surface area contributed by atoms with Crippen molar-refractivity contribution < 1.29 is 4.79 Å². The number of nitrogens with zero attached hydrogens (tertiary/aromatic N) is 4. The van der Waals surface area contributed by atoms with Gasteiger partial charge in [0.15, 0.2) is 0 Å². The van der Waals surface area contributed by atoms with Gasteiger partial charge < -0.3 is 5.32 Å². The SMILES string of the molecule is CCc1ccc(CN2CCc3c(C(=O)N[C@@H](C)c4cnn(C)c4)csc3C2)nc1. The molecule has 6 nitrogen and oxygen atoms in total. The highest BCUT2D eigenvalue weighted by molar-refractivity contribution is 7.10. The number of carbonyl (C=O) groups is 1. The van der Waals surface area contributed by atoms with Crippen LogP contribution in [0.3, 0.4) is 0 Å². The summed E-state index contributed by atoms with van der Waals surface area (Å²) in [5.41, 5.74) is 5.41. The quantitative estimate of drug-likeness (QED) is 0.677. The molecule has 1 N–H and O–H groups in total. The monoisotopic (exact) mass is 409 g/mol. The number of aromatic nitrogens is 3. The van der Waals surface area contributed by atoms with Crippen LogP contribution in [0.2, 0.25) is 0 Å². The summed E-state index contributed by atoms with van der Waals surface area (Å²) in [6, 6.07) is 4.22. The first-order chi connectivity index (χ1) is 14.0. The van der Waals surface area contributed by atoms with Gasteiger partial charge in [-0.15, -0.1) is 11.3 Å². The summed E-state index contributed by atoms with van der Waals surface area (Å²) < 4.78 is 1.75. The maximum atomic E-state index is 12.8. The lowest BCUT2D eigenvalue weighted by Crippen LogP contribution is -2.32. The van der Waals surface area contributed by atoms with Gasteiger partial charge in [-0.3, -0.25) is 19.4 Å². The summed E-state index contributed by atoms with van der Waals surface area (Å²) in [4.78, 5) is 21.1. The number of hydrogen-bond acceptors (Lipinski definition) is 5. The lowest BCUT2D eigenvalue weighted by Gasteiger charge is -2.27. The van der Waals surface area contributed by atoms with Crippen LogP contribution in [0.1, 0.15) is 57.5 Å². The van der Waals surface area contributed by atoms with Crippen LogP contribution in [-0.2, 0) is 33.0 Å². The standard InChI is InChI=1S/C22H27N5OS/c1-4-16-5-6-18(23-9-16)12-27-8-7-19-20(14-29-21(19)13-27)22(28)25-15(2)17-10-24-26(3)11-17/h5-6,9-11,14-15H,4,7-8,12-13H2,1-3H3,(H,25,28)/t15-/m0/s1. The predicted octanol–water partition coefficient (Wildman–Crippen LogP) is 3.49. The molecule has 7 heteroatoms. The third-order valence-corrected chi connectivity index (χ3v) is 6.54. The van der Waals surface area contributed by atoms with Gasteiger partial charge in [-0.1, -0.05) is 13.0 Å². The smallest absolute Gasteiger partial charge is 0.252 e. The Balaban J connectivity index is 1.40. The van der Waals surface area contributed by atoms with Crippen molar-refractivity contribution in [3.63, 3.8) is 0 Å². The molecule has 3 aromatic rings. The third-order valence-electron chi connectivity index (χ3n) is 5.52. The highest BCUT2D eigenvalue weighted by Crippen LogP contribution is 2.29. The van der Waals surface area contributed by atoms with Crippen LogP contribution in [0.15, 0.2) is 36.1 Å². The minimum atomic E-state index is -0.0657. The molecule has 1 amide bonds. The minimum absolute atomic E-state index is 0.00382. The van der Waals surface area contributed by atoms with Crippen LogP contribution in [0, 0.1) is 0 Å². The molecule has 0 unspecified atom stereocenters. The van der Waals surface area contributed by atoms with E-state index < -0.39 is 0 Å². The molecule has 0 aromatic carbocycles. The Hall–Kier alpha value is -2.51. The fourth-order valence-corrected chi connectivity index (χ4v) is 4.84. The van der Waals surface area contributed by atoms with E-state index in [1.54, 1.807) is 22.2 Å². The second-order valence-electron chi connectivity index (χ2n) is 7.67. The van der Waals surface area contributed by atoms with Gasteiger partial charge in [0.25, 0.3) is 5.91 Å². The lowest BCUT2D eigenvalue weighted by atomic mass is 10.0. The first kappa shape index (κ1) is 19.8. The number of carbonyl (C=O) groups excluding carboxylic acids is 1. The van der Waals surface area contributed by atoms with Crippen LogP contribution in [0.25, 0.3) is 0 Å². The van der Waals surface area contributed by atoms with E-state index >= 15 is 0 Å².